The van der Waals surface area contributed by atoms with E-state index in [1.165, 1.54) is 24.1 Å². The lowest BCUT2D eigenvalue weighted by Gasteiger charge is -2.12. The van der Waals surface area contributed by atoms with Gasteiger partial charge in [-0.3, -0.25) is 0 Å². The zero-order valence-corrected chi connectivity index (χ0v) is 15.1. The standard InChI is InChI=1S/C22H26N2O/c1-3-4-13-20-22(19-12-8-9-14-21(19)25-2)23-17-24(20)16-15-18-10-6-5-7-11-18/h5-12,14,17H,3-4,13,15-16H2,1-2H3. The molecule has 0 fully saturated rings. The van der Waals surface area contributed by atoms with Crippen LogP contribution in [0, 0.1) is 0 Å². The highest BCUT2D eigenvalue weighted by Crippen LogP contribution is 2.31. The first-order chi connectivity index (χ1) is 12.3. The van der Waals surface area contributed by atoms with E-state index in [4.69, 9.17) is 9.72 Å². The first-order valence-corrected chi connectivity index (χ1v) is 9.04. The van der Waals surface area contributed by atoms with Crippen LogP contribution in [-0.4, -0.2) is 16.7 Å². The summed E-state index contributed by atoms with van der Waals surface area (Å²) in [4.78, 5) is 4.74. The number of aryl methyl sites for hydroxylation is 2. The minimum atomic E-state index is 0.883. The van der Waals surface area contributed by atoms with E-state index in [-0.39, 0.29) is 0 Å². The van der Waals surface area contributed by atoms with Crippen LogP contribution in [0.3, 0.4) is 0 Å². The zero-order chi connectivity index (χ0) is 17.5. The predicted octanol–water partition coefficient (Wildman–Crippen LogP) is 5.14. The van der Waals surface area contributed by atoms with Gasteiger partial charge in [0.25, 0.3) is 0 Å². The van der Waals surface area contributed by atoms with E-state index in [9.17, 15) is 0 Å². The summed E-state index contributed by atoms with van der Waals surface area (Å²) in [5, 5.41) is 0. The molecule has 3 rings (SSSR count). The number of imidazole rings is 1. The van der Waals surface area contributed by atoms with Gasteiger partial charge in [-0.1, -0.05) is 55.8 Å². The number of hydrogen-bond acceptors (Lipinski definition) is 2. The topological polar surface area (TPSA) is 27.1 Å². The van der Waals surface area contributed by atoms with Crippen LogP contribution >= 0.6 is 0 Å². The van der Waals surface area contributed by atoms with Gasteiger partial charge in [0.2, 0.25) is 0 Å². The summed E-state index contributed by atoms with van der Waals surface area (Å²) in [7, 11) is 1.72. The molecule has 0 amide bonds. The first-order valence-electron chi connectivity index (χ1n) is 9.04. The average molecular weight is 334 g/mol. The Balaban J connectivity index is 1.90. The van der Waals surface area contributed by atoms with Crippen LogP contribution in [0.2, 0.25) is 0 Å². The molecule has 3 aromatic rings. The third kappa shape index (κ3) is 4.11. The number of benzene rings is 2. The largest absolute Gasteiger partial charge is 0.496 e. The number of aromatic nitrogens is 2. The minimum Gasteiger partial charge on any atom is -0.496 e. The summed E-state index contributed by atoms with van der Waals surface area (Å²) in [5.41, 5.74) is 4.80. The highest BCUT2D eigenvalue weighted by Gasteiger charge is 2.15. The Kier molecular flexibility index (Phi) is 5.89. The fourth-order valence-corrected chi connectivity index (χ4v) is 3.17. The van der Waals surface area contributed by atoms with E-state index >= 15 is 0 Å². The van der Waals surface area contributed by atoms with E-state index in [0.29, 0.717) is 0 Å². The zero-order valence-electron chi connectivity index (χ0n) is 15.1. The summed E-state index contributed by atoms with van der Waals surface area (Å²) in [6.07, 6.45) is 6.38. The average Bonchev–Trinajstić information content (AvgIpc) is 3.08. The third-order valence-electron chi connectivity index (χ3n) is 4.56. The second-order valence-corrected chi connectivity index (χ2v) is 6.27. The van der Waals surface area contributed by atoms with Crippen molar-refractivity contribution in [3.8, 4) is 17.0 Å². The van der Waals surface area contributed by atoms with Gasteiger partial charge in [0, 0.05) is 17.8 Å². The van der Waals surface area contributed by atoms with Crippen molar-refractivity contribution in [3.63, 3.8) is 0 Å². The van der Waals surface area contributed by atoms with Crippen molar-refractivity contribution in [1.82, 2.24) is 9.55 Å². The molecule has 0 radical (unpaired) electrons. The van der Waals surface area contributed by atoms with E-state index in [2.05, 4.69) is 47.9 Å². The van der Waals surface area contributed by atoms with Crippen molar-refractivity contribution in [2.45, 2.75) is 39.2 Å². The van der Waals surface area contributed by atoms with E-state index in [1.54, 1.807) is 7.11 Å². The highest BCUT2D eigenvalue weighted by molar-refractivity contribution is 5.69. The van der Waals surface area contributed by atoms with Gasteiger partial charge in [0.15, 0.2) is 0 Å². The summed E-state index contributed by atoms with van der Waals surface area (Å²) in [6.45, 7) is 3.18. The molecule has 0 aliphatic carbocycles. The Labute approximate surface area is 150 Å². The molecule has 0 atom stereocenters. The van der Waals surface area contributed by atoms with Crippen LogP contribution in [0.25, 0.3) is 11.3 Å². The number of methoxy groups -OCH3 is 1. The molecule has 0 saturated heterocycles. The summed E-state index contributed by atoms with van der Waals surface area (Å²) >= 11 is 0. The van der Waals surface area contributed by atoms with Crippen LogP contribution < -0.4 is 4.74 Å². The van der Waals surface area contributed by atoms with E-state index in [1.807, 2.05) is 24.5 Å². The lowest BCUT2D eigenvalue weighted by Crippen LogP contribution is -2.05. The molecule has 0 N–H and O–H groups in total. The van der Waals surface area contributed by atoms with Gasteiger partial charge in [0.1, 0.15) is 5.75 Å². The van der Waals surface area contributed by atoms with Crippen LogP contribution in [0.15, 0.2) is 60.9 Å². The van der Waals surface area contributed by atoms with Gasteiger partial charge in [-0.2, -0.15) is 0 Å². The maximum atomic E-state index is 5.55. The lowest BCUT2D eigenvalue weighted by atomic mass is 10.1. The Morgan fingerprint density at radius 1 is 0.960 bits per heavy atom. The summed E-state index contributed by atoms with van der Waals surface area (Å²) < 4.78 is 7.86. The molecular weight excluding hydrogens is 308 g/mol. The molecule has 3 nitrogen and oxygen atoms in total. The van der Waals surface area contributed by atoms with Crippen LogP contribution in [0.1, 0.15) is 31.0 Å². The number of para-hydroxylation sites is 1. The van der Waals surface area contributed by atoms with Gasteiger partial charge in [-0.25, -0.2) is 4.98 Å². The first kappa shape index (κ1) is 17.3. The highest BCUT2D eigenvalue weighted by atomic mass is 16.5. The minimum absolute atomic E-state index is 0.883. The third-order valence-corrected chi connectivity index (χ3v) is 4.56. The lowest BCUT2D eigenvalue weighted by molar-refractivity contribution is 0.416. The normalized spacial score (nSPS) is 10.8. The molecular formula is C22H26N2O. The monoisotopic (exact) mass is 334 g/mol. The van der Waals surface area contributed by atoms with Crippen LogP contribution in [0.5, 0.6) is 5.75 Å². The SMILES string of the molecule is CCCCc1c(-c2ccccc2OC)ncn1CCc1ccccc1. The van der Waals surface area contributed by atoms with Crippen molar-refractivity contribution in [2.24, 2.45) is 0 Å². The van der Waals surface area contributed by atoms with Gasteiger partial charge in [-0.15, -0.1) is 0 Å². The van der Waals surface area contributed by atoms with E-state index in [0.717, 1.165) is 36.4 Å². The summed E-state index contributed by atoms with van der Waals surface area (Å²) in [5.74, 6) is 0.883. The Morgan fingerprint density at radius 3 is 2.48 bits per heavy atom. The van der Waals surface area contributed by atoms with Gasteiger partial charge >= 0.3 is 0 Å². The molecule has 3 heteroatoms. The molecule has 0 spiro atoms. The molecule has 0 bridgehead atoms. The van der Waals surface area contributed by atoms with Crippen molar-refractivity contribution < 1.29 is 4.74 Å². The van der Waals surface area contributed by atoms with Gasteiger partial charge in [0.05, 0.1) is 19.1 Å². The molecule has 1 aromatic heterocycles. The molecule has 0 aliphatic rings. The molecule has 130 valence electrons. The number of ether oxygens (including phenoxy) is 1. The second-order valence-electron chi connectivity index (χ2n) is 6.27. The Hall–Kier alpha value is -2.55. The van der Waals surface area contributed by atoms with Crippen LogP contribution in [-0.2, 0) is 19.4 Å². The van der Waals surface area contributed by atoms with Crippen molar-refractivity contribution in [2.75, 3.05) is 7.11 Å². The molecule has 2 aromatic carbocycles. The maximum Gasteiger partial charge on any atom is 0.128 e. The van der Waals surface area contributed by atoms with Crippen molar-refractivity contribution >= 4 is 0 Å². The van der Waals surface area contributed by atoms with Gasteiger partial charge < -0.3 is 9.30 Å². The number of hydrogen-bond donors (Lipinski definition) is 0. The molecule has 0 saturated carbocycles. The summed E-state index contributed by atoms with van der Waals surface area (Å²) in [6, 6.07) is 18.8. The maximum absolute atomic E-state index is 5.55. The molecule has 1 heterocycles. The fourth-order valence-electron chi connectivity index (χ4n) is 3.17. The Bertz CT molecular complexity index is 793. The van der Waals surface area contributed by atoms with Crippen molar-refractivity contribution in [1.29, 1.82) is 0 Å². The smallest absolute Gasteiger partial charge is 0.128 e. The quantitative estimate of drug-likeness (QED) is 0.570. The Morgan fingerprint density at radius 2 is 1.72 bits per heavy atom. The fraction of sp³-hybridized carbons (Fsp3) is 0.318. The van der Waals surface area contributed by atoms with E-state index < -0.39 is 0 Å². The molecule has 0 unspecified atom stereocenters. The number of nitrogens with zero attached hydrogens (tertiary/aromatic N) is 2. The van der Waals surface area contributed by atoms with Gasteiger partial charge in [-0.05, 0) is 37.0 Å². The molecule has 0 aliphatic heterocycles. The molecule has 25 heavy (non-hydrogen) atoms. The van der Waals surface area contributed by atoms with Crippen LogP contribution in [0.4, 0.5) is 0 Å². The number of rotatable bonds is 8. The predicted molar refractivity (Wildman–Crippen MR) is 103 cm³/mol. The second kappa shape index (κ2) is 8.52. The number of unbranched alkanes of at least 4 members (excludes halogenated alkanes) is 1. The van der Waals surface area contributed by atoms with Crippen molar-refractivity contribution in [3.05, 3.63) is 72.2 Å².